The van der Waals surface area contributed by atoms with Crippen LogP contribution in [0.15, 0.2) is 33.9 Å². The maximum absolute atomic E-state index is 12.6. The van der Waals surface area contributed by atoms with E-state index < -0.39 is 17.6 Å². The normalized spacial score (nSPS) is 11.5. The molecular formula is C14H13F3N2O2S. The lowest BCUT2D eigenvalue weighted by Gasteiger charge is -2.09. The number of anilines is 1. The zero-order valence-corrected chi connectivity index (χ0v) is 12.6. The smallest absolute Gasteiger partial charge is 0.416 e. The molecule has 1 heterocycles. The van der Waals surface area contributed by atoms with E-state index in [0.29, 0.717) is 11.0 Å². The Morgan fingerprint density at radius 1 is 1.36 bits per heavy atom. The van der Waals surface area contributed by atoms with Crippen LogP contribution in [0.3, 0.4) is 0 Å². The first kappa shape index (κ1) is 16.4. The van der Waals surface area contributed by atoms with Crippen LogP contribution < -0.4 is 5.32 Å². The van der Waals surface area contributed by atoms with Crippen LogP contribution >= 0.6 is 11.8 Å². The first-order chi connectivity index (χ1) is 10.3. The van der Waals surface area contributed by atoms with Crippen molar-refractivity contribution in [3.8, 4) is 0 Å². The van der Waals surface area contributed by atoms with Gasteiger partial charge in [-0.3, -0.25) is 4.79 Å². The molecule has 1 aromatic carbocycles. The van der Waals surface area contributed by atoms with Gasteiger partial charge in [0.15, 0.2) is 0 Å². The number of rotatable bonds is 4. The second-order valence-corrected chi connectivity index (χ2v) is 5.46. The van der Waals surface area contributed by atoms with Gasteiger partial charge in [-0.2, -0.15) is 13.2 Å². The molecule has 0 bridgehead atoms. The predicted octanol–water partition coefficient (Wildman–Crippen LogP) is 4.04. The number of thioether (sulfide) groups is 1. The van der Waals surface area contributed by atoms with E-state index >= 15 is 0 Å². The van der Waals surface area contributed by atoms with Crippen molar-refractivity contribution < 1.29 is 22.4 Å². The van der Waals surface area contributed by atoms with Crippen LogP contribution in [0.5, 0.6) is 0 Å². The second kappa shape index (κ2) is 6.43. The summed E-state index contributed by atoms with van der Waals surface area (Å²) >= 11 is 1.08. The van der Waals surface area contributed by atoms with Crippen LogP contribution in [-0.2, 0) is 11.0 Å². The Morgan fingerprint density at radius 3 is 2.68 bits per heavy atom. The van der Waals surface area contributed by atoms with Crippen LogP contribution in [0.1, 0.15) is 17.0 Å². The van der Waals surface area contributed by atoms with E-state index in [9.17, 15) is 18.0 Å². The summed E-state index contributed by atoms with van der Waals surface area (Å²) in [5, 5.41) is 2.77. The average Bonchev–Trinajstić information content (AvgIpc) is 2.75. The first-order valence-corrected chi connectivity index (χ1v) is 7.28. The Kier molecular flexibility index (Phi) is 4.80. The Hall–Kier alpha value is -1.96. The number of alkyl halides is 3. The third-order valence-electron chi connectivity index (χ3n) is 2.81. The van der Waals surface area contributed by atoms with E-state index in [1.54, 1.807) is 13.8 Å². The van der Waals surface area contributed by atoms with E-state index in [2.05, 4.69) is 10.3 Å². The van der Waals surface area contributed by atoms with Crippen molar-refractivity contribution in [2.24, 2.45) is 0 Å². The van der Waals surface area contributed by atoms with Gasteiger partial charge < -0.3 is 9.73 Å². The highest BCUT2D eigenvalue weighted by Crippen LogP contribution is 2.30. The Labute approximate surface area is 129 Å². The molecule has 0 atom stereocenters. The number of benzene rings is 1. The molecule has 0 aliphatic carbocycles. The quantitative estimate of drug-likeness (QED) is 0.860. The van der Waals surface area contributed by atoms with Gasteiger partial charge in [0.2, 0.25) is 5.91 Å². The van der Waals surface area contributed by atoms with Crippen LogP contribution in [0.2, 0.25) is 0 Å². The SMILES string of the molecule is Cc1nc(SCC(=O)Nc2cccc(C(F)(F)F)c2)oc1C. The van der Waals surface area contributed by atoms with Crippen molar-refractivity contribution in [2.45, 2.75) is 25.2 Å². The number of amides is 1. The van der Waals surface area contributed by atoms with Gasteiger partial charge in [0, 0.05) is 5.69 Å². The number of nitrogens with one attached hydrogen (secondary N) is 1. The number of carbonyl (C=O) groups is 1. The topological polar surface area (TPSA) is 55.1 Å². The highest BCUT2D eigenvalue weighted by molar-refractivity contribution is 7.99. The van der Waals surface area contributed by atoms with Crippen molar-refractivity contribution >= 4 is 23.4 Å². The molecule has 0 fully saturated rings. The van der Waals surface area contributed by atoms with Gasteiger partial charge in [-0.15, -0.1) is 0 Å². The minimum atomic E-state index is -4.44. The van der Waals surface area contributed by atoms with Gasteiger partial charge in [0.05, 0.1) is 17.0 Å². The summed E-state index contributed by atoms with van der Waals surface area (Å²) in [6, 6.07) is 4.48. The maximum atomic E-state index is 12.6. The lowest BCUT2D eigenvalue weighted by atomic mass is 10.2. The van der Waals surface area contributed by atoms with Crippen LogP contribution in [0.4, 0.5) is 18.9 Å². The third-order valence-corrected chi connectivity index (χ3v) is 3.64. The number of hydrogen-bond acceptors (Lipinski definition) is 4. The fraction of sp³-hybridized carbons (Fsp3) is 0.286. The van der Waals surface area contributed by atoms with Gasteiger partial charge >= 0.3 is 6.18 Å². The zero-order chi connectivity index (χ0) is 16.3. The zero-order valence-electron chi connectivity index (χ0n) is 11.8. The van der Waals surface area contributed by atoms with Gasteiger partial charge in [0.25, 0.3) is 5.22 Å². The molecule has 4 nitrogen and oxygen atoms in total. The number of aryl methyl sites for hydroxylation is 2. The monoisotopic (exact) mass is 330 g/mol. The minimum Gasteiger partial charge on any atom is -0.437 e. The Balaban J connectivity index is 1.94. The van der Waals surface area contributed by atoms with Crippen LogP contribution in [-0.4, -0.2) is 16.6 Å². The fourth-order valence-electron chi connectivity index (χ4n) is 1.60. The molecule has 0 radical (unpaired) electrons. The lowest BCUT2D eigenvalue weighted by molar-refractivity contribution is -0.137. The maximum Gasteiger partial charge on any atom is 0.416 e. The highest BCUT2D eigenvalue weighted by Gasteiger charge is 2.30. The molecule has 22 heavy (non-hydrogen) atoms. The molecule has 2 aromatic rings. The van der Waals surface area contributed by atoms with E-state index in [1.807, 2.05) is 0 Å². The number of aromatic nitrogens is 1. The molecule has 1 N–H and O–H groups in total. The van der Waals surface area contributed by atoms with Gasteiger partial charge in [-0.05, 0) is 32.0 Å². The molecule has 8 heteroatoms. The van der Waals surface area contributed by atoms with Crippen molar-refractivity contribution in [1.82, 2.24) is 4.98 Å². The first-order valence-electron chi connectivity index (χ1n) is 6.29. The third kappa shape index (κ3) is 4.27. The average molecular weight is 330 g/mol. The molecule has 1 aromatic heterocycles. The van der Waals surface area contributed by atoms with Gasteiger partial charge in [-0.25, -0.2) is 4.98 Å². The van der Waals surface area contributed by atoms with Gasteiger partial charge in [0.1, 0.15) is 5.76 Å². The second-order valence-electron chi connectivity index (χ2n) is 4.54. The number of oxazole rings is 1. The fourth-order valence-corrected chi connectivity index (χ4v) is 2.31. The van der Waals surface area contributed by atoms with Crippen molar-refractivity contribution in [3.05, 3.63) is 41.3 Å². The van der Waals surface area contributed by atoms with E-state index in [1.165, 1.54) is 12.1 Å². The molecule has 2 rings (SSSR count). The summed E-state index contributed by atoms with van der Waals surface area (Å²) in [5.41, 5.74) is 0.0258. The van der Waals surface area contributed by atoms with E-state index in [-0.39, 0.29) is 11.4 Å². The number of carbonyl (C=O) groups excluding carboxylic acids is 1. The molecule has 118 valence electrons. The summed E-state index contributed by atoms with van der Waals surface area (Å²) in [7, 11) is 0. The molecular weight excluding hydrogens is 317 g/mol. The van der Waals surface area contributed by atoms with Crippen molar-refractivity contribution in [2.75, 3.05) is 11.1 Å². The largest absolute Gasteiger partial charge is 0.437 e. The molecule has 1 amide bonds. The van der Waals surface area contributed by atoms with E-state index in [4.69, 9.17) is 4.42 Å². The van der Waals surface area contributed by atoms with E-state index in [0.717, 1.165) is 29.6 Å². The molecule has 0 saturated heterocycles. The van der Waals surface area contributed by atoms with Crippen LogP contribution in [0.25, 0.3) is 0 Å². The van der Waals surface area contributed by atoms with Crippen molar-refractivity contribution in [1.29, 1.82) is 0 Å². The lowest BCUT2D eigenvalue weighted by Crippen LogP contribution is -2.15. The van der Waals surface area contributed by atoms with Crippen LogP contribution in [0, 0.1) is 13.8 Å². The number of hydrogen-bond donors (Lipinski definition) is 1. The molecule has 0 aliphatic heterocycles. The highest BCUT2D eigenvalue weighted by atomic mass is 32.2. The molecule has 0 spiro atoms. The molecule has 0 saturated carbocycles. The standard InChI is InChI=1S/C14H13F3N2O2S/c1-8-9(2)21-13(18-8)22-7-12(20)19-11-5-3-4-10(6-11)14(15,16)17/h3-6H,7H2,1-2H3,(H,19,20). The van der Waals surface area contributed by atoms with Gasteiger partial charge in [-0.1, -0.05) is 17.8 Å². The number of nitrogens with zero attached hydrogens (tertiary/aromatic N) is 1. The summed E-state index contributed by atoms with van der Waals surface area (Å²) in [6.07, 6.45) is -4.44. The summed E-state index contributed by atoms with van der Waals surface area (Å²) < 4.78 is 43.0. The Bertz CT molecular complexity index is 663. The number of halogens is 3. The summed E-state index contributed by atoms with van der Waals surface area (Å²) in [6.45, 7) is 3.54. The summed E-state index contributed by atoms with van der Waals surface area (Å²) in [5.74, 6) is 0.231. The van der Waals surface area contributed by atoms with Crippen molar-refractivity contribution in [3.63, 3.8) is 0 Å². The molecule has 0 aliphatic rings. The molecule has 0 unspecified atom stereocenters. The predicted molar refractivity (Wildman–Crippen MR) is 76.8 cm³/mol. The minimum absolute atomic E-state index is 0.00433. The summed E-state index contributed by atoms with van der Waals surface area (Å²) in [4.78, 5) is 15.9. The Morgan fingerprint density at radius 2 is 2.09 bits per heavy atom.